The van der Waals surface area contributed by atoms with Gasteiger partial charge in [0.05, 0.1) is 0 Å². The summed E-state index contributed by atoms with van der Waals surface area (Å²) in [5, 5.41) is 9.92. The SMILES string of the molecule is CC(C)c1ccc(Cn2cc(C(Br)C(=O)NO)c3cc(Br)ccc32)cc1. The molecule has 0 radical (unpaired) electrons. The zero-order chi connectivity index (χ0) is 18.8. The van der Waals surface area contributed by atoms with Gasteiger partial charge in [-0.25, -0.2) is 5.48 Å². The van der Waals surface area contributed by atoms with Crippen molar-refractivity contribution in [2.75, 3.05) is 0 Å². The van der Waals surface area contributed by atoms with Crippen LogP contribution in [0.15, 0.2) is 53.1 Å². The number of hydrogen-bond donors (Lipinski definition) is 2. The number of halogens is 2. The molecule has 0 fully saturated rings. The normalized spacial score (nSPS) is 12.5. The molecule has 2 N–H and O–H groups in total. The Morgan fingerprint density at radius 2 is 1.88 bits per heavy atom. The van der Waals surface area contributed by atoms with Crippen molar-refractivity contribution in [2.45, 2.75) is 31.1 Å². The topological polar surface area (TPSA) is 54.3 Å². The van der Waals surface area contributed by atoms with Crippen molar-refractivity contribution in [2.24, 2.45) is 0 Å². The highest BCUT2D eigenvalue weighted by molar-refractivity contribution is 9.10. The van der Waals surface area contributed by atoms with Gasteiger partial charge in [0, 0.05) is 33.7 Å². The van der Waals surface area contributed by atoms with Crippen LogP contribution in [0.25, 0.3) is 10.9 Å². The first-order chi connectivity index (χ1) is 12.4. The number of rotatable bonds is 5. The molecule has 0 saturated heterocycles. The molecule has 0 aliphatic carbocycles. The van der Waals surface area contributed by atoms with Crippen LogP contribution in [0, 0.1) is 0 Å². The van der Waals surface area contributed by atoms with Crippen LogP contribution in [0.2, 0.25) is 0 Å². The number of hydrogen-bond acceptors (Lipinski definition) is 2. The molecule has 6 heteroatoms. The van der Waals surface area contributed by atoms with E-state index in [0.717, 1.165) is 20.9 Å². The summed E-state index contributed by atoms with van der Waals surface area (Å²) in [5.74, 6) is 0.0110. The number of amides is 1. The molecule has 1 aromatic heterocycles. The van der Waals surface area contributed by atoms with E-state index < -0.39 is 10.7 Å². The molecule has 4 nitrogen and oxygen atoms in total. The number of aromatic nitrogens is 1. The second-order valence-corrected chi connectivity index (χ2v) is 8.44. The summed E-state index contributed by atoms with van der Waals surface area (Å²) in [6.07, 6.45) is 1.96. The van der Waals surface area contributed by atoms with Gasteiger partial charge in [-0.05, 0) is 35.2 Å². The van der Waals surface area contributed by atoms with Crippen molar-refractivity contribution in [1.82, 2.24) is 10.0 Å². The van der Waals surface area contributed by atoms with Crippen molar-refractivity contribution >= 4 is 48.7 Å². The number of carbonyl (C=O) groups is 1. The van der Waals surface area contributed by atoms with Crippen LogP contribution in [0.5, 0.6) is 0 Å². The maximum Gasteiger partial charge on any atom is 0.261 e. The second-order valence-electron chi connectivity index (χ2n) is 6.61. The van der Waals surface area contributed by atoms with Crippen LogP contribution >= 0.6 is 31.9 Å². The maximum atomic E-state index is 11.9. The molecule has 0 saturated carbocycles. The Bertz CT molecular complexity index is 933. The summed E-state index contributed by atoms with van der Waals surface area (Å²) in [4.78, 5) is 11.3. The predicted molar refractivity (Wildman–Crippen MR) is 111 cm³/mol. The summed E-state index contributed by atoms with van der Waals surface area (Å²) >= 11 is 6.87. The van der Waals surface area contributed by atoms with E-state index in [2.05, 4.69) is 74.5 Å². The van der Waals surface area contributed by atoms with Crippen molar-refractivity contribution in [3.05, 3.63) is 69.8 Å². The van der Waals surface area contributed by atoms with Crippen LogP contribution in [-0.2, 0) is 11.3 Å². The number of nitrogens with zero attached hydrogens (tertiary/aromatic N) is 1. The molecule has 1 atom stereocenters. The lowest BCUT2D eigenvalue weighted by Crippen LogP contribution is -2.22. The van der Waals surface area contributed by atoms with Gasteiger partial charge in [0.15, 0.2) is 0 Å². The van der Waals surface area contributed by atoms with Crippen LogP contribution in [0.1, 0.15) is 41.3 Å². The van der Waals surface area contributed by atoms with Gasteiger partial charge < -0.3 is 4.57 Å². The summed E-state index contributed by atoms with van der Waals surface area (Å²) in [7, 11) is 0. The van der Waals surface area contributed by atoms with Gasteiger partial charge in [0.2, 0.25) is 0 Å². The Morgan fingerprint density at radius 1 is 1.19 bits per heavy atom. The fourth-order valence-electron chi connectivity index (χ4n) is 3.03. The van der Waals surface area contributed by atoms with E-state index in [0.29, 0.717) is 12.5 Å². The number of carbonyl (C=O) groups excluding carboxylic acids is 1. The van der Waals surface area contributed by atoms with Crippen LogP contribution in [-0.4, -0.2) is 15.7 Å². The van der Waals surface area contributed by atoms with Gasteiger partial charge in [-0.2, -0.15) is 0 Å². The van der Waals surface area contributed by atoms with Crippen molar-refractivity contribution < 1.29 is 10.0 Å². The average Bonchev–Trinajstić information content (AvgIpc) is 2.98. The van der Waals surface area contributed by atoms with Gasteiger partial charge in [0.1, 0.15) is 4.83 Å². The Balaban J connectivity index is 2.01. The van der Waals surface area contributed by atoms with Crippen molar-refractivity contribution in [1.29, 1.82) is 0 Å². The maximum absolute atomic E-state index is 11.9. The fourth-order valence-corrected chi connectivity index (χ4v) is 3.86. The van der Waals surface area contributed by atoms with Crippen molar-refractivity contribution in [3.63, 3.8) is 0 Å². The van der Waals surface area contributed by atoms with Crippen molar-refractivity contribution in [3.8, 4) is 0 Å². The monoisotopic (exact) mass is 478 g/mol. The van der Waals surface area contributed by atoms with Gasteiger partial charge in [-0.1, -0.05) is 70.0 Å². The molecule has 0 aliphatic heterocycles. The van der Waals surface area contributed by atoms with Crippen LogP contribution in [0.3, 0.4) is 0 Å². The number of hydroxylamine groups is 1. The van der Waals surface area contributed by atoms with Gasteiger partial charge in [0.25, 0.3) is 5.91 Å². The van der Waals surface area contributed by atoms with Gasteiger partial charge in [-0.3, -0.25) is 10.0 Å². The van der Waals surface area contributed by atoms with E-state index in [-0.39, 0.29) is 0 Å². The highest BCUT2D eigenvalue weighted by Gasteiger charge is 2.22. The summed E-state index contributed by atoms with van der Waals surface area (Å²) < 4.78 is 3.06. The Kier molecular flexibility index (Phi) is 5.85. The predicted octanol–water partition coefficient (Wildman–Crippen LogP) is 5.52. The largest absolute Gasteiger partial charge is 0.343 e. The molecular formula is C20H20Br2N2O2. The second kappa shape index (κ2) is 7.94. The lowest BCUT2D eigenvalue weighted by Gasteiger charge is -2.09. The quantitative estimate of drug-likeness (QED) is 0.287. The lowest BCUT2D eigenvalue weighted by atomic mass is 10.0. The molecule has 3 rings (SSSR count). The highest BCUT2D eigenvalue weighted by Crippen LogP contribution is 2.34. The van der Waals surface area contributed by atoms with E-state index in [4.69, 9.17) is 5.21 Å². The average molecular weight is 480 g/mol. The third-order valence-electron chi connectivity index (χ3n) is 4.49. The van der Waals surface area contributed by atoms with E-state index in [1.54, 1.807) is 5.48 Å². The summed E-state index contributed by atoms with van der Waals surface area (Å²) in [6, 6.07) is 14.6. The molecule has 136 valence electrons. The minimum absolute atomic E-state index is 0.495. The summed E-state index contributed by atoms with van der Waals surface area (Å²) in [6.45, 7) is 5.07. The van der Waals surface area contributed by atoms with E-state index in [1.807, 2.05) is 24.4 Å². The van der Waals surface area contributed by atoms with E-state index >= 15 is 0 Å². The third kappa shape index (κ3) is 3.87. The first kappa shape index (κ1) is 19.1. The number of alkyl halides is 1. The fraction of sp³-hybridized carbons (Fsp3) is 0.250. The zero-order valence-electron chi connectivity index (χ0n) is 14.5. The van der Waals surface area contributed by atoms with Crippen LogP contribution in [0.4, 0.5) is 0 Å². The molecule has 1 unspecified atom stereocenters. The minimum atomic E-state index is -0.631. The standard InChI is InChI=1S/C20H20Br2N2O2/c1-12(2)14-5-3-13(4-6-14)10-24-11-17(19(22)20(25)23-26)16-9-15(21)7-8-18(16)24/h3-9,11-12,19,26H,10H2,1-2H3,(H,23,25). The van der Waals surface area contributed by atoms with E-state index in [1.165, 1.54) is 11.1 Å². The molecule has 1 heterocycles. The number of benzene rings is 2. The molecular weight excluding hydrogens is 460 g/mol. The number of nitrogens with one attached hydrogen (secondary N) is 1. The highest BCUT2D eigenvalue weighted by atomic mass is 79.9. The molecule has 3 aromatic rings. The zero-order valence-corrected chi connectivity index (χ0v) is 17.7. The van der Waals surface area contributed by atoms with E-state index in [9.17, 15) is 4.79 Å². The smallest absolute Gasteiger partial charge is 0.261 e. The number of fused-ring (bicyclic) bond motifs is 1. The minimum Gasteiger partial charge on any atom is -0.343 e. The molecule has 2 aromatic carbocycles. The van der Waals surface area contributed by atoms with Crippen LogP contribution < -0.4 is 5.48 Å². The van der Waals surface area contributed by atoms with Gasteiger partial charge >= 0.3 is 0 Å². The first-order valence-corrected chi connectivity index (χ1v) is 10.1. The molecule has 0 aliphatic rings. The first-order valence-electron chi connectivity index (χ1n) is 8.36. The Hall–Kier alpha value is -1.63. The lowest BCUT2D eigenvalue weighted by molar-refractivity contribution is -0.128. The van der Waals surface area contributed by atoms with Gasteiger partial charge in [-0.15, -0.1) is 0 Å². The molecule has 1 amide bonds. The molecule has 26 heavy (non-hydrogen) atoms. The molecule has 0 bridgehead atoms. The Morgan fingerprint density at radius 3 is 2.50 bits per heavy atom. The summed E-state index contributed by atoms with van der Waals surface area (Å²) in [5.41, 5.74) is 6.07. The molecule has 0 spiro atoms. The third-order valence-corrected chi connectivity index (χ3v) is 5.89. The Labute approximate surface area is 169 Å².